The number of halogens is 5. The number of imidazole rings is 1. The molecule has 9 heteroatoms. The summed E-state index contributed by atoms with van der Waals surface area (Å²) in [6, 6.07) is 18.1. The van der Waals surface area contributed by atoms with Gasteiger partial charge in [0.1, 0.15) is 5.75 Å². The molecule has 0 aliphatic rings. The molecule has 0 saturated carbocycles. The Morgan fingerprint density at radius 3 is 2.14 bits per heavy atom. The van der Waals surface area contributed by atoms with E-state index in [1.807, 2.05) is 4.57 Å². The predicted octanol–water partition coefficient (Wildman–Crippen LogP) is 8.18. The van der Waals surface area contributed by atoms with Crippen LogP contribution in [0.4, 0.5) is 19.1 Å². The van der Waals surface area contributed by atoms with Gasteiger partial charge in [-0.05, 0) is 52.9 Å². The molecule has 0 amide bonds. The van der Waals surface area contributed by atoms with Crippen LogP contribution in [-0.2, 0) is 12.0 Å². The molecule has 0 bridgehead atoms. The molecule has 3 aromatic carbocycles. The average Bonchev–Trinajstić information content (AvgIpc) is 3.13. The number of alkyl halides is 3. The van der Waals surface area contributed by atoms with Crippen LogP contribution in [0.3, 0.4) is 0 Å². The summed E-state index contributed by atoms with van der Waals surface area (Å²) >= 11 is 12.5. The maximum atomic E-state index is 12.5. The number of nitrogens with zero attached hydrogens (tertiary/aromatic N) is 2. The third-order valence-electron chi connectivity index (χ3n) is 5.46. The molecular formula is C26H24Cl2F3N3O. The van der Waals surface area contributed by atoms with E-state index in [9.17, 15) is 13.2 Å². The number of aromatic nitrogens is 2. The van der Waals surface area contributed by atoms with Crippen molar-refractivity contribution in [2.45, 2.75) is 38.9 Å². The molecule has 0 aliphatic carbocycles. The van der Waals surface area contributed by atoms with Gasteiger partial charge in [0.15, 0.2) is 6.61 Å². The Morgan fingerprint density at radius 1 is 0.914 bits per heavy atom. The van der Waals surface area contributed by atoms with Crippen LogP contribution < -0.4 is 10.1 Å². The van der Waals surface area contributed by atoms with Crippen LogP contribution in [0.5, 0.6) is 5.75 Å². The fraction of sp³-hybridized carbons (Fsp3) is 0.269. The van der Waals surface area contributed by atoms with Gasteiger partial charge in [-0.1, -0.05) is 68.2 Å². The Labute approximate surface area is 211 Å². The third-order valence-corrected chi connectivity index (χ3v) is 6.19. The van der Waals surface area contributed by atoms with Gasteiger partial charge in [-0.25, -0.2) is 4.98 Å². The van der Waals surface area contributed by atoms with Crippen molar-refractivity contribution < 1.29 is 17.9 Å². The maximum absolute atomic E-state index is 12.5. The van der Waals surface area contributed by atoms with Gasteiger partial charge in [0.05, 0.1) is 21.1 Å². The van der Waals surface area contributed by atoms with Gasteiger partial charge in [-0.2, -0.15) is 13.2 Å². The number of hydrogen-bond donors (Lipinski definition) is 1. The first-order valence-electron chi connectivity index (χ1n) is 10.9. The van der Waals surface area contributed by atoms with Crippen LogP contribution in [0.15, 0.2) is 60.7 Å². The van der Waals surface area contributed by atoms with Crippen molar-refractivity contribution in [3.63, 3.8) is 0 Å². The molecule has 0 aliphatic heterocycles. The smallest absolute Gasteiger partial charge is 0.422 e. The monoisotopic (exact) mass is 521 g/mol. The summed E-state index contributed by atoms with van der Waals surface area (Å²) in [5.74, 6) is 0.659. The van der Waals surface area contributed by atoms with Crippen LogP contribution in [0.2, 0.25) is 10.0 Å². The van der Waals surface area contributed by atoms with Crippen molar-refractivity contribution in [3.8, 4) is 11.4 Å². The number of rotatable bonds is 6. The Morgan fingerprint density at radius 2 is 1.54 bits per heavy atom. The quantitative estimate of drug-likeness (QED) is 0.278. The first-order valence-corrected chi connectivity index (χ1v) is 11.7. The second-order valence-corrected chi connectivity index (χ2v) is 10.0. The maximum Gasteiger partial charge on any atom is 0.422 e. The number of fused-ring (bicyclic) bond motifs is 1. The number of ether oxygens (including phenoxy) is 1. The Kier molecular flexibility index (Phi) is 6.93. The Balaban J connectivity index is 1.65. The lowest BCUT2D eigenvalue weighted by molar-refractivity contribution is -0.153. The van der Waals surface area contributed by atoms with Gasteiger partial charge >= 0.3 is 6.18 Å². The highest BCUT2D eigenvalue weighted by Gasteiger charge is 2.28. The van der Waals surface area contributed by atoms with E-state index in [-0.39, 0.29) is 11.2 Å². The van der Waals surface area contributed by atoms with E-state index in [0.29, 0.717) is 39.3 Å². The van der Waals surface area contributed by atoms with E-state index in [1.54, 1.807) is 24.3 Å². The van der Waals surface area contributed by atoms with Gasteiger partial charge < -0.3 is 10.1 Å². The van der Waals surface area contributed by atoms with Crippen LogP contribution in [0.25, 0.3) is 16.7 Å². The van der Waals surface area contributed by atoms with Crippen LogP contribution >= 0.6 is 23.2 Å². The molecule has 0 unspecified atom stereocenters. The second kappa shape index (κ2) is 9.63. The first-order chi connectivity index (χ1) is 16.4. The van der Waals surface area contributed by atoms with Crippen LogP contribution in [-0.4, -0.2) is 22.3 Å². The van der Waals surface area contributed by atoms with E-state index >= 15 is 0 Å². The molecular weight excluding hydrogens is 498 g/mol. The highest BCUT2D eigenvalue weighted by atomic mass is 35.5. The number of anilines is 1. The zero-order chi connectivity index (χ0) is 25.4. The first kappa shape index (κ1) is 25.2. The summed E-state index contributed by atoms with van der Waals surface area (Å²) in [5, 5.41) is 4.11. The molecule has 0 saturated heterocycles. The van der Waals surface area contributed by atoms with E-state index in [4.69, 9.17) is 27.9 Å². The van der Waals surface area contributed by atoms with Crippen LogP contribution in [0.1, 0.15) is 31.9 Å². The molecule has 1 N–H and O–H groups in total. The van der Waals surface area contributed by atoms with E-state index < -0.39 is 12.8 Å². The van der Waals surface area contributed by atoms with Crippen LogP contribution in [0, 0.1) is 0 Å². The lowest BCUT2D eigenvalue weighted by Crippen LogP contribution is -2.19. The minimum atomic E-state index is -4.41. The SMILES string of the molecule is CC(C)(C)c1ccc(CNc2nc3cc(Cl)c(Cl)cc3n2-c2ccc(OCC(F)(F)F)cc2)cc1. The number of nitrogens with one attached hydrogen (secondary N) is 1. The molecule has 4 aromatic rings. The molecule has 1 heterocycles. The normalized spacial score (nSPS) is 12.2. The fourth-order valence-corrected chi connectivity index (χ4v) is 3.93. The molecule has 184 valence electrons. The lowest BCUT2D eigenvalue weighted by Gasteiger charge is -2.19. The fourth-order valence-electron chi connectivity index (χ4n) is 3.61. The Hall–Kier alpha value is -2.90. The van der Waals surface area contributed by atoms with Crippen molar-refractivity contribution in [1.82, 2.24) is 9.55 Å². The Bertz CT molecular complexity index is 1330. The highest BCUT2D eigenvalue weighted by molar-refractivity contribution is 6.42. The van der Waals surface area contributed by atoms with Gasteiger partial charge in [-0.3, -0.25) is 4.57 Å². The number of hydrogen-bond acceptors (Lipinski definition) is 3. The highest BCUT2D eigenvalue weighted by Crippen LogP contribution is 2.33. The standard InChI is InChI=1S/C26H24Cl2F3N3O/c1-25(2,3)17-6-4-16(5-7-17)14-32-24-33-22-12-20(27)21(28)13-23(22)34(24)18-8-10-19(11-9-18)35-15-26(29,30)31/h4-13H,14-15H2,1-3H3,(H,32,33). The van der Waals surface area contributed by atoms with Crippen molar-refractivity contribution >= 4 is 40.2 Å². The van der Waals surface area contributed by atoms with Crippen molar-refractivity contribution in [3.05, 3.63) is 81.8 Å². The molecule has 0 spiro atoms. The molecule has 1 aromatic heterocycles. The molecule has 0 radical (unpaired) electrons. The zero-order valence-electron chi connectivity index (χ0n) is 19.4. The average molecular weight is 522 g/mol. The zero-order valence-corrected chi connectivity index (χ0v) is 20.9. The lowest BCUT2D eigenvalue weighted by atomic mass is 9.87. The second-order valence-electron chi connectivity index (χ2n) is 9.22. The predicted molar refractivity (Wildman–Crippen MR) is 135 cm³/mol. The number of benzene rings is 3. The largest absolute Gasteiger partial charge is 0.484 e. The van der Waals surface area contributed by atoms with Gasteiger partial charge in [0.2, 0.25) is 5.95 Å². The minimum absolute atomic E-state index is 0.0639. The van der Waals surface area contributed by atoms with E-state index in [2.05, 4.69) is 55.3 Å². The summed E-state index contributed by atoms with van der Waals surface area (Å²) in [7, 11) is 0. The minimum Gasteiger partial charge on any atom is -0.484 e. The summed E-state index contributed by atoms with van der Waals surface area (Å²) in [6.07, 6.45) is -4.41. The summed E-state index contributed by atoms with van der Waals surface area (Å²) in [4.78, 5) is 4.68. The van der Waals surface area contributed by atoms with E-state index in [1.165, 1.54) is 17.7 Å². The topological polar surface area (TPSA) is 39.1 Å². The summed E-state index contributed by atoms with van der Waals surface area (Å²) in [5.41, 5.74) is 4.38. The summed E-state index contributed by atoms with van der Waals surface area (Å²) in [6.45, 7) is 5.66. The van der Waals surface area contributed by atoms with Gasteiger partial charge in [-0.15, -0.1) is 0 Å². The van der Waals surface area contributed by atoms with Crippen molar-refractivity contribution in [2.75, 3.05) is 11.9 Å². The van der Waals surface area contributed by atoms with Crippen molar-refractivity contribution in [1.29, 1.82) is 0 Å². The summed E-state index contributed by atoms with van der Waals surface area (Å²) < 4.78 is 44.1. The van der Waals surface area contributed by atoms with Crippen molar-refractivity contribution in [2.24, 2.45) is 0 Å². The molecule has 0 fully saturated rings. The van der Waals surface area contributed by atoms with E-state index in [0.717, 1.165) is 5.56 Å². The molecule has 0 atom stereocenters. The van der Waals surface area contributed by atoms with Gasteiger partial charge in [0, 0.05) is 12.2 Å². The van der Waals surface area contributed by atoms with Gasteiger partial charge in [0.25, 0.3) is 0 Å². The molecule has 35 heavy (non-hydrogen) atoms. The molecule has 4 rings (SSSR count). The third kappa shape index (κ3) is 6.03. The molecule has 4 nitrogen and oxygen atoms in total.